The largest absolute Gasteiger partial charge is 0.508 e. The molecule has 2 aromatic rings. The monoisotopic (exact) mass is 397 g/mol. The molecule has 2 rings (SSSR count). The first-order valence-corrected chi connectivity index (χ1v) is 10.6. The number of allylic oxidation sites excluding steroid dienone is 2. The zero-order valence-electron chi connectivity index (χ0n) is 19.3. The summed E-state index contributed by atoms with van der Waals surface area (Å²) in [4.78, 5) is 2.33. The van der Waals surface area contributed by atoms with Gasteiger partial charge in [-0.25, -0.2) is 0 Å². The fourth-order valence-electron chi connectivity index (χ4n) is 2.54. The van der Waals surface area contributed by atoms with Crippen molar-refractivity contribution in [1.82, 2.24) is 4.90 Å². The maximum atomic E-state index is 9.30. The van der Waals surface area contributed by atoms with Gasteiger partial charge in [0, 0.05) is 13.1 Å². The molecule has 0 aromatic heterocycles. The summed E-state index contributed by atoms with van der Waals surface area (Å²) >= 11 is 0. The summed E-state index contributed by atoms with van der Waals surface area (Å²) in [6.07, 6.45) is 7.40. The van der Waals surface area contributed by atoms with Gasteiger partial charge in [0.25, 0.3) is 0 Å². The third-order valence-electron chi connectivity index (χ3n) is 3.98. The highest BCUT2D eigenvalue weighted by Crippen LogP contribution is 2.23. The number of benzene rings is 2. The summed E-state index contributed by atoms with van der Waals surface area (Å²) in [5.41, 5.74) is 2.63. The Morgan fingerprint density at radius 2 is 1.41 bits per heavy atom. The second kappa shape index (κ2) is 16.4. The van der Waals surface area contributed by atoms with E-state index in [2.05, 4.69) is 49.2 Å². The molecule has 0 bridgehead atoms. The van der Waals surface area contributed by atoms with Crippen LogP contribution >= 0.6 is 0 Å². The molecule has 0 spiro atoms. The molecule has 3 nitrogen and oxygen atoms in total. The summed E-state index contributed by atoms with van der Waals surface area (Å²) in [5.74, 6) is 1.75. The third-order valence-corrected chi connectivity index (χ3v) is 3.98. The molecule has 1 N–H and O–H groups in total. The molecule has 29 heavy (non-hydrogen) atoms. The van der Waals surface area contributed by atoms with E-state index in [-0.39, 0.29) is 5.75 Å². The molecule has 0 saturated heterocycles. The number of phenolic OH excluding ortho intramolecular Hbond substituents is 1. The van der Waals surface area contributed by atoms with Crippen LogP contribution in [0.1, 0.15) is 47.1 Å². The smallest absolute Gasteiger partial charge is 0.127 e. The van der Waals surface area contributed by atoms with Crippen molar-refractivity contribution in [2.75, 3.05) is 20.1 Å². The van der Waals surface area contributed by atoms with Crippen LogP contribution in [0.4, 0.5) is 0 Å². The summed E-state index contributed by atoms with van der Waals surface area (Å²) in [5, 5.41) is 9.30. The van der Waals surface area contributed by atoms with Crippen LogP contribution in [0.25, 0.3) is 0 Å². The molecule has 0 saturated carbocycles. The van der Waals surface area contributed by atoms with Crippen LogP contribution in [0.2, 0.25) is 0 Å². The van der Waals surface area contributed by atoms with E-state index in [9.17, 15) is 5.11 Å². The molecule has 0 aliphatic rings. The number of likely N-dealkylation sites (N-methyl/N-ethyl adjacent to an activating group) is 1. The maximum absolute atomic E-state index is 9.30. The Morgan fingerprint density at radius 1 is 0.897 bits per heavy atom. The minimum absolute atomic E-state index is 0.238. The lowest BCUT2D eigenvalue weighted by Gasteiger charge is -2.17. The molecule has 3 heteroatoms. The van der Waals surface area contributed by atoms with E-state index in [4.69, 9.17) is 4.74 Å². The van der Waals surface area contributed by atoms with E-state index in [0.29, 0.717) is 5.75 Å². The standard InChI is InChI=1S/C22H27NO2.2C2H6/c1-4-6-18(5-2)17-23(3)16-15-19-7-11-21(12-8-19)25-22-13-9-20(24)10-14-22;2*1-2/h4-14,24H,15-17H2,1-3H3;2*1-2H3/b6-4-,18-5+;;. The lowest BCUT2D eigenvalue weighted by Crippen LogP contribution is -2.23. The Bertz CT molecular complexity index is 700. The lowest BCUT2D eigenvalue weighted by atomic mass is 10.1. The zero-order chi connectivity index (χ0) is 22.1. The molecular formula is C26H39NO2. The van der Waals surface area contributed by atoms with E-state index in [1.165, 1.54) is 11.1 Å². The van der Waals surface area contributed by atoms with E-state index in [1.807, 2.05) is 46.8 Å². The van der Waals surface area contributed by atoms with Crippen LogP contribution in [0.5, 0.6) is 17.2 Å². The molecule has 160 valence electrons. The number of hydrogen-bond donors (Lipinski definition) is 1. The van der Waals surface area contributed by atoms with Crippen molar-refractivity contribution in [2.24, 2.45) is 0 Å². The van der Waals surface area contributed by atoms with Gasteiger partial charge in [0.15, 0.2) is 0 Å². The van der Waals surface area contributed by atoms with Crippen LogP contribution in [-0.4, -0.2) is 30.1 Å². The first-order valence-electron chi connectivity index (χ1n) is 10.6. The minimum atomic E-state index is 0.238. The van der Waals surface area contributed by atoms with Gasteiger partial charge < -0.3 is 14.7 Å². The van der Waals surface area contributed by atoms with Crippen LogP contribution in [-0.2, 0) is 6.42 Å². The van der Waals surface area contributed by atoms with Gasteiger partial charge in [0.2, 0.25) is 0 Å². The van der Waals surface area contributed by atoms with Gasteiger partial charge in [-0.05, 0) is 74.9 Å². The predicted molar refractivity (Wildman–Crippen MR) is 127 cm³/mol. The predicted octanol–water partition coefficient (Wildman–Crippen LogP) is 7.23. The summed E-state index contributed by atoms with van der Waals surface area (Å²) in [6.45, 7) is 14.1. The van der Waals surface area contributed by atoms with Gasteiger partial charge in [0.05, 0.1) is 0 Å². The normalized spacial score (nSPS) is 10.8. The van der Waals surface area contributed by atoms with Crippen LogP contribution in [0.3, 0.4) is 0 Å². The van der Waals surface area contributed by atoms with E-state index < -0.39 is 0 Å². The highest BCUT2D eigenvalue weighted by Gasteiger charge is 2.03. The average molecular weight is 398 g/mol. The molecule has 0 amide bonds. The molecule has 0 atom stereocenters. The third kappa shape index (κ3) is 11.2. The second-order valence-electron chi connectivity index (χ2n) is 6.09. The van der Waals surface area contributed by atoms with Crippen molar-refractivity contribution in [1.29, 1.82) is 0 Å². The topological polar surface area (TPSA) is 32.7 Å². The van der Waals surface area contributed by atoms with Gasteiger partial charge in [-0.1, -0.05) is 58.1 Å². The Labute approximate surface area is 178 Å². The van der Waals surface area contributed by atoms with Crippen molar-refractivity contribution < 1.29 is 9.84 Å². The summed E-state index contributed by atoms with van der Waals surface area (Å²) in [6, 6.07) is 14.9. The van der Waals surface area contributed by atoms with Crippen LogP contribution in [0.15, 0.2) is 72.3 Å². The van der Waals surface area contributed by atoms with Crippen molar-refractivity contribution in [3.8, 4) is 17.2 Å². The molecule has 0 fully saturated rings. The highest BCUT2D eigenvalue weighted by atomic mass is 16.5. The average Bonchev–Trinajstić information content (AvgIpc) is 2.77. The lowest BCUT2D eigenvalue weighted by molar-refractivity contribution is 0.369. The molecule has 2 aromatic carbocycles. The van der Waals surface area contributed by atoms with Crippen molar-refractivity contribution in [3.63, 3.8) is 0 Å². The van der Waals surface area contributed by atoms with Crippen molar-refractivity contribution >= 4 is 0 Å². The Balaban J connectivity index is 0.00000184. The zero-order valence-corrected chi connectivity index (χ0v) is 19.3. The fraction of sp³-hybridized carbons (Fsp3) is 0.385. The number of rotatable bonds is 8. The minimum Gasteiger partial charge on any atom is -0.508 e. The summed E-state index contributed by atoms with van der Waals surface area (Å²) < 4.78 is 5.77. The van der Waals surface area contributed by atoms with Gasteiger partial charge >= 0.3 is 0 Å². The Morgan fingerprint density at radius 3 is 1.90 bits per heavy atom. The van der Waals surface area contributed by atoms with E-state index in [0.717, 1.165) is 25.3 Å². The molecule has 0 heterocycles. The number of hydrogen-bond acceptors (Lipinski definition) is 3. The first kappa shape index (κ1) is 26.5. The molecule has 0 radical (unpaired) electrons. The van der Waals surface area contributed by atoms with Crippen molar-refractivity contribution in [3.05, 3.63) is 77.9 Å². The van der Waals surface area contributed by atoms with Gasteiger partial charge in [0.1, 0.15) is 17.2 Å². The fourth-order valence-corrected chi connectivity index (χ4v) is 2.54. The molecular weight excluding hydrogens is 358 g/mol. The Kier molecular flexibility index (Phi) is 15.0. The molecule has 0 aliphatic carbocycles. The highest BCUT2D eigenvalue weighted by molar-refractivity contribution is 5.35. The van der Waals surface area contributed by atoms with Crippen molar-refractivity contribution in [2.45, 2.75) is 48.0 Å². The number of nitrogens with zero attached hydrogens (tertiary/aromatic N) is 1. The van der Waals surface area contributed by atoms with E-state index in [1.54, 1.807) is 24.3 Å². The SMILES string of the molecule is C/C=C\C(=C/C)CN(C)CCc1ccc(Oc2ccc(O)cc2)cc1.CC.CC. The first-order chi connectivity index (χ1) is 14.1. The quantitative estimate of drug-likeness (QED) is 0.477. The van der Waals surface area contributed by atoms with Gasteiger partial charge in [-0.15, -0.1) is 0 Å². The van der Waals surface area contributed by atoms with Crippen LogP contribution < -0.4 is 4.74 Å². The number of aromatic hydroxyl groups is 1. The second-order valence-corrected chi connectivity index (χ2v) is 6.09. The summed E-state index contributed by atoms with van der Waals surface area (Å²) in [7, 11) is 2.15. The van der Waals surface area contributed by atoms with Gasteiger partial charge in [-0.2, -0.15) is 0 Å². The van der Waals surface area contributed by atoms with E-state index >= 15 is 0 Å². The molecule has 0 aliphatic heterocycles. The number of ether oxygens (including phenoxy) is 1. The number of phenols is 1. The van der Waals surface area contributed by atoms with Gasteiger partial charge in [-0.3, -0.25) is 0 Å². The molecule has 0 unspecified atom stereocenters. The maximum Gasteiger partial charge on any atom is 0.127 e. The van der Waals surface area contributed by atoms with Crippen LogP contribution in [0, 0.1) is 0 Å². The Hall–Kier alpha value is -2.52.